The van der Waals surface area contributed by atoms with Crippen molar-refractivity contribution in [2.75, 3.05) is 6.54 Å². The lowest BCUT2D eigenvalue weighted by molar-refractivity contribution is -0.117. The molecule has 0 radical (unpaired) electrons. The Morgan fingerprint density at radius 1 is 1.00 bits per heavy atom. The molecule has 0 saturated carbocycles. The first kappa shape index (κ1) is 15.3. The van der Waals surface area contributed by atoms with Crippen molar-refractivity contribution in [1.29, 1.82) is 0 Å². The molecule has 3 N–H and O–H groups in total. The van der Waals surface area contributed by atoms with Gasteiger partial charge in [-0.3, -0.25) is 4.79 Å². The zero-order valence-electron chi connectivity index (χ0n) is 12.3. The molecule has 21 heavy (non-hydrogen) atoms. The second-order valence-electron chi connectivity index (χ2n) is 5.26. The van der Waals surface area contributed by atoms with Crippen LogP contribution in [0, 0.1) is 0 Å². The molecule has 1 amide bonds. The normalized spacial score (nSPS) is 12.3. The summed E-state index contributed by atoms with van der Waals surface area (Å²) in [6.07, 6.45) is 0.362. The second-order valence-corrected chi connectivity index (χ2v) is 5.26. The molecule has 2 rings (SSSR count). The number of carbonyl (C=O) groups is 1. The van der Waals surface area contributed by atoms with Crippen LogP contribution in [0.2, 0.25) is 0 Å². The lowest BCUT2D eigenvalue weighted by Crippen LogP contribution is -2.35. The van der Waals surface area contributed by atoms with E-state index < -0.39 is 0 Å². The molecule has 0 aliphatic carbocycles. The van der Waals surface area contributed by atoms with Gasteiger partial charge in [-0.2, -0.15) is 0 Å². The van der Waals surface area contributed by atoms with Gasteiger partial charge >= 0.3 is 0 Å². The number of rotatable bonds is 7. The van der Waals surface area contributed by atoms with Gasteiger partial charge in [-0.1, -0.05) is 60.7 Å². The first-order valence-electron chi connectivity index (χ1n) is 7.30. The van der Waals surface area contributed by atoms with Gasteiger partial charge < -0.3 is 11.1 Å². The number of primary amides is 1. The van der Waals surface area contributed by atoms with Crippen LogP contribution < -0.4 is 11.1 Å². The van der Waals surface area contributed by atoms with Gasteiger partial charge in [-0.25, -0.2) is 0 Å². The van der Waals surface area contributed by atoms with Crippen molar-refractivity contribution in [2.24, 2.45) is 5.73 Å². The van der Waals surface area contributed by atoms with Crippen molar-refractivity contribution < 1.29 is 4.79 Å². The van der Waals surface area contributed by atoms with Crippen molar-refractivity contribution in [3.8, 4) is 0 Å². The van der Waals surface area contributed by atoms with Gasteiger partial charge in [0, 0.05) is 24.9 Å². The number of hydrogen-bond donors (Lipinski definition) is 2. The molecule has 0 aliphatic rings. The Balaban J connectivity index is 2.18. The minimum absolute atomic E-state index is 0.217. The average Bonchev–Trinajstić information content (AvgIpc) is 2.49. The SMILES string of the molecule is CC(NCCC(N)=O)C(c1ccccc1)c1ccccc1. The predicted molar refractivity (Wildman–Crippen MR) is 86.0 cm³/mol. The fraction of sp³-hybridized carbons (Fsp3) is 0.278. The number of amides is 1. The molecule has 0 aliphatic heterocycles. The van der Waals surface area contributed by atoms with Crippen LogP contribution in [0.1, 0.15) is 30.4 Å². The smallest absolute Gasteiger partial charge is 0.218 e. The summed E-state index contributed by atoms with van der Waals surface area (Å²) in [7, 11) is 0. The minimum Gasteiger partial charge on any atom is -0.370 e. The molecule has 3 heteroatoms. The van der Waals surface area contributed by atoms with E-state index in [4.69, 9.17) is 5.73 Å². The zero-order chi connectivity index (χ0) is 15.1. The molecule has 1 unspecified atom stereocenters. The van der Waals surface area contributed by atoms with Crippen molar-refractivity contribution >= 4 is 5.91 Å². The molecule has 0 bridgehead atoms. The third-order valence-electron chi connectivity index (χ3n) is 3.66. The van der Waals surface area contributed by atoms with E-state index >= 15 is 0 Å². The maximum Gasteiger partial charge on any atom is 0.218 e. The Kier molecular flexibility index (Phi) is 5.52. The summed E-state index contributed by atoms with van der Waals surface area (Å²) in [4.78, 5) is 10.9. The largest absolute Gasteiger partial charge is 0.370 e. The number of nitrogens with two attached hydrogens (primary N) is 1. The first-order valence-corrected chi connectivity index (χ1v) is 7.30. The maximum atomic E-state index is 10.9. The van der Waals surface area contributed by atoms with Crippen molar-refractivity contribution in [2.45, 2.75) is 25.3 Å². The highest BCUT2D eigenvalue weighted by molar-refractivity contribution is 5.73. The number of nitrogens with one attached hydrogen (secondary N) is 1. The topological polar surface area (TPSA) is 55.1 Å². The van der Waals surface area contributed by atoms with E-state index in [1.54, 1.807) is 0 Å². The monoisotopic (exact) mass is 282 g/mol. The summed E-state index contributed by atoms with van der Waals surface area (Å²) < 4.78 is 0. The van der Waals surface area contributed by atoms with Gasteiger partial charge in [0.1, 0.15) is 0 Å². The van der Waals surface area contributed by atoms with E-state index in [2.05, 4.69) is 60.8 Å². The summed E-state index contributed by atoms with van der Waals surface area (Å²) in [5.41, 5.74) is 7.73. The van der Waals surface area contributed by atoms with E-state index in [0.29, 0.717) is 13.0 Å². The zero-order valence-corrected chi connectivity index (χ0v) is 12.3. The third-order valence-corrected chi connectivity index (χ3v) is 3.66. The van der Waals surface area contributed by atoms with Crippen LogP contribution in [-0.4, -0.2) is 18.5 Å². The summed E-state index contributed by atoms with van der Waals surface area (Å²) in [6, 6.07) is 21.1. The van der Waals surface area contributed by atoms with Crippen LogP contribution in [0.5, 0.6) is 0 Å². The number of benzene rings is 2. The quantitative estimate of drug-likeness (QED) is 0.820. The van der Waals surface area contributed by atoms with Crippen LogP contribution in [0.15, 0.2) is 60.7 Å². The van der Waals surface area contributed by atoms with E-state index in [-0.39, 0.29) is 17.9 Å². The van der Waals surface area contributed by atoms with Gasteiger partial charge in [-0.15, -0.1) is 0 Å². The molecule has 0 fully saturated rings. The van der Waals surface area contributed by atoms with Crippen LogP contribution in [0.4, 0.5) is 0 Å². The van der Waals surface area contributed by atoms with Crippen LogP contribution >= 0.6 is 0 Å². The summed E-state index contributed by atoms with van der Waals surface area (Å²) >= 11 is 0. The number of carbonyl (C=O) groups excluding carboxylic acids is 1. The van der Waals surface area contributed by atoms with Crippen molar-refractivity contribution in [3.05, 3.63) is 71.8 Å². The Hall–Kier alpha value is -2.13. The highest BCUT2D eigenvalue weighted by Crippen LogP contribution is 2.27. The molecule has 1 atom stereocenters. The van der Waals surface area contributed by atoms with E-state index in [1.807, 2.05) is 12.1 Å². The van der Waals surface area contributed by atoms with Crippen molar-refractivity contribution in [3.63, 3.8) is 0 Å². The van der Waals surface area contributed by atoms with Gasteiger partial charge in [-0.05, 0) is 18.1 Å². The van der Waals surface area contributed by atoms with Crippen LogP contribution in [0.3, 0.4) is 0 Å². The molecular weight excluding hydrogens is 260 g/mol. The lowest BCUT2D eigenvalue weighted by atomic mass is 9.86. The molecule has 0 saturated heterocycles. The molecular formula is C18H22N2O. The third kappa shape index (κ3) is 4.43. The van der Waals surface area contributed by atoms with E-state index in [9.17, 15) is 4.79 Å². The molecule has 0 aromatic heterocycles. The molecule has 0 spiro atoms. The fourth-order valence-corrected chi connectivity index (χ4v) is 2.63. The summed E-state index contributed by atoms with van der Waals surface area (Å²) in [6.45, 7) is 2.75. The highest BCUT2D eigenvalue weighted by atomic mass is 16.1. The summed E-state index contributed by atoms with van der Waals surface area (Å²) in [5.74, 6) is -0.0223. The van der Waals surface area contributed by atoms with Gasteiger partial charge in [0.25, 0.3) is 0 Å². The first-order chi connectivity index (χ1) is 10.2. The molecule has 110 valence electrons. The van der Waals surface area contributed by atoms with Gasteiger partial charge in [0.05, 0.1) is 0 Å². The molecule has 0 heterocycles. The van der Waals surface area contributed by atoms with Crippen LogP contribution in [0.25, 0.3) is 0 Å². The predicted octanol–water partition coefficient (Wildman–Crippen LogP) is 2.67. The minimum atomic E-state index is -0.273. The average molecular weight is 282 g/mol. The standard InChI is InChI=1S/C18H22N2O/c1-14(20-13-12-17(19)21)18(15-8-4-2-5-9-15)16-10-6-3-7-11-16/h2-11,14,18,20H,12-13H2,1H3,(H2,19,21). The highest BCUT2D eigenvalue weighted by Gasteiger charge is 2.20. The maximum absolute atomic E-state index is 10.9. The Morgan fingerprint density at radius 3 is 1.90 bits per heavy atom. The van der Waals surface area contributed by atoms with Crippen molar-refractivity contribution in [1.82, 2.24) is 5.32 Å². The number of hydrogen-bond acceptors (Lipinski definition) is 2. The Labute approximate surface area is 126 Å². The van der Waals surface area contributed by atoms with Crippen LogP contribution in [-0.2, 0) is 4.79 Å². The lowest BCUT2D eigenvalue weighted by Gasteiger charge is -2.26. The molecule has 3 nitrogen and oxygen atoms in total. The van der Waals surface area contributed by atoms with E-state index in [0.717, 1.165) is 0 Å². The Bertz CT molecular complexity index is 514. The summed E-state index contributed by atoms with van der Waals surface area (Å²) in [5, 5.41) is 3.41. The fourth-order valence-electron chi connectivity index (χ4n) is 2.63. The molecule has 2 aromatic carbocycles. The van der Waals surface area contributed by atoms with Gasteiger partial charge in [0.2, 0.25) is 5.91 Å². The van der Waals surface area contributed by atoms with Gasteiger partial charge in [0.15, 0.2) is 0 Å². The van der Waals surface area contributed by atoms with E-state index in [1.165, 1.54) is 11.1 Å². The molecule has 2 aromatic rings. The second kappa shape index (κ2) is 7.60. The Morgan fingerprint density at radius 2 is 1.48 bits per heavy atom.